The number of morpholine rings is 1. The highest BCUT2D eigenvalue weighted by Gasteiger charge is 2.30. The fourth-order valence-electron chi connectivity index (χ4n) is 2.78. The van der Waals surface area contributed by atoms with E-state index in [9.17, 15) is 13.2 Å². The molecule has 2 aliphatic rings. The molecule has 2 fully saturated rings. The molecule has 25 heavy (non-hydrogen) atoms. The van der Waals surface area contributed by atoms with Crippen molar-refractivity contribution < 1.29 is 22.7 Å². The van der Waals surface area contributed by atoms with Gasteiger partial charge in [0, 0.05) is 44.2 Å². The summed E-state index contributed by atoms with van der Waals surface area (Å²) in [6, 6.07) is 4.48. The zero-order chi connectivity index (χ0) is 17.9. The van der Waals surface area contributed by atoms with Gasteiger partial charge in [0.1, 0.15) is 10.6 Å². The van der Waals surface area contributed by atoms with E-state index in [2.05, 4.69) is 10.6 Å². The summed E-state index contributed by atoms with van der Waals surface area (Å²) >= 11 is 0. The van der Waals surface area contributed by atoms with E-state index in [0.717, 1.165) is 13.1 Å². The Bertz CT molecular complexity index is 727. The smallest absolute Gasteiger partial charge is 0.251 e. The predicted octanol–water partition coefficient (Wildman–Crippen LogP) is -0.335. The van der Waals surface area contributed by atoms with Crippen LogP contribution in [0, 0.1) is 5.92 Å². The number of carbonyl (C=O) groups is 1. The SMILES string of the molecule is COc1ccc(C(=O)NCC2CNC2)cc1S(=O)(=O)N1CCOCC1. The second-order valence-electron chi connectivity index (χ2n) is 6.12. The van der Waals surface area contributed by atoms with E-state index >= 15 is 0 Å². The quantitative estimate of drug-likeness (QED) is 0.712. The Morgan fingerprint density at radius 1 is 1.36 bits per heavy atom. The van der Waals surface area contributed by atoms with Crippen LogP contribution in [0.2, 0.25) is 0 Å². The zero-order valence-electron chi connectivity index (χ0n) is 14.2. The van der Waals surface area contributed by atoms with Crippen LogP contribution in [0.15, 0.2) is 23.1 Å². The number of nitrogens with one attached hydrogen (secondary N) is 2. The lowest BCUT2D eigenvalue weighted by Gasteiger charge is -2.27. The van der Waals surface area contributed by atoms with Crippen LogP contribution in [-0.2, 0) is 14.8 Å². The Morgan fingerprint density at radius 2 is 2.08 bits per heavy atom. The number of rotatable bonds is 6. The molecule has 1 aromatic rings. The number of methoxy groups -OCH3 is 1. The number of hydrogen-bond acceptors (Lipinski definition) is 6. The Morgan fingerprint density at radius 3 is 2.68 bits per heavy atom. The molecular formula is C16H23N3O5S. The normalized spacial score (nSPS) is 19.2. The average Bonchev–Trinajstić information content (AvgIpc) is 2.60. The van der Waals surface area contributed by atoms with Gasteiger partial charge in [-0.25, -0.2) is 8.42 Å². The third kappa shape index (κ3) is 3.95. The van der Waals surface area contributed by atoms with E-state index in [0.29, 0.717) is 31.2 Å². The van der Waals surface area contributed by atoms with Crippen LogP contribution in [0.4, 0.5) is 0 Å². The summed E-state index contributed by atoms with van der Waals surface area (Å²) in [6.45, 7) is 3.64. The van der Waals surface area contributed by atoms with Crippen LogP contribution in [0.25, 0.3) is 0 Å². The van der Waals surface area contributed by atoms with Gasteiger partial charge < -0.3 is 20.1 Å². The number of nitrogens with zero attached hydrogens (tertiary/aromatic N) is 1. The van der Waals surface area contributed by atoms with Gasteiger partial charge in [0.15, 0.2) is 0 Å². The van der Waals surface area contributed by atoms with Gasteiger partial charge in [-0.1, -0.05) is 0 Å². The molecule has 2 aliphatic heterocycles. The standard InChI is InChI=1S/C16H23N3O5S/c1-23-14-3-2-13(16(20)18-11-12-9-17-10-12)8-15(14)25(21,22)19-4-6-24-7-5-19/h2-3,8,12,17H,4-7,9-11H2,1H3,(H,18,20). The van der Waals surface area contributed by atoms with Crippen molar-refractivity contribution in [2.45, 2.75) is 4.90 Å². The maximum Gasteiger partial charge on any atom is 0.251 e. The molecule has 0 radical (unpaired) electrons. The van der Waals surface area contributed by atoms with Crippen LogP contribution in [0.3, 0.4) is 0 Å². The largest absolute Gasteiger partial charge is 0.495 e. The first kappa shape index (κ1) is 18.1. The first-order valence-electron chi connectivity index (χ1n) is 8.27. The Labute approximate surface area is 147 Å². The Kier molecular flexibility index (Phi) is 5.57. The first-order valence-corrected chi connectivity index (χ1v) is 9.71. The molecule has 0 aliphatic carbocycles. The second-order valence-corrected chi connectivity index (χ2v) is 8.02. The number of amides is 1. The van der Waals surface area contributed by atoms with E-state index in [1.807, 2.05) is 0 Å². The van der Waals surface area contributed by atoms with Crippen molar-refractivity contribution in [1.29, 1.82) is 0 Å². The summed E-state index contributed by atoms with van der Waals surface area (Å²) in [7, 11) is -2.33. The van der Waals surface area contributed by atoms with Gasteiger partial charge in [-0.05, 0) is 18.2 Å². The van der Waals surface area contributed by atoms with Crippen molar-refractivity contribution in [2.24, 2.45) is 5.92 Å². The molecule has 0 saturated carbocycles. The predicted molar refractivity (Wildman–Crippen MR) is 91.3 cm³/mol. The lowest BCUT2D eigenvalue weighted by atomic mass is 10.0. The number of carbonyl (C=O) groups excluding carboxylic acids is 1. The van der Waals surface area contributed by atoms with Crippen molar-refractivity contribution >= 4 is 15.9 Å². The molecule has 8 nitrogen and oxygen atoms in total. The molecule has 0 bridgehead atoms. The first-order chi connectivity index (χ1) is 12.0. The summed E-state index contributed by atoms with van der Waals surface area (Å²) < 4.78 is 37.6. The lowest BCUT2D eigenvalue weighted by molar-refractivity contribution is 0.0729. The second kappa shape index (κ2) is 7.69. The third-order valence-corrected chi connectivity index (χ3v) is 6.35. The highest BCUT2D eigenvalue weighted by atomic mass is 32.2. The fourth-order valence-corrected chi connectivity index (χ4v) is 4.37. The molecular weight excluding hydrogens is 346 g/mol. The van der Waals surface area contributed by atoms with Crippen molar-refractivity contribution in [2.75, 3.05) is 53.0 Å². The molecule has 138 valence electrons. The van der Waals surface area contributed by atoms with Crippen LogP contribution in [-0.4, -0.2) is 71.7 Å². The third-order valence-electron chi connectivity index (χ3n) is 4.43. The van der Waals surface area contributed by atoms with Gasteiger partial charge in [-0.2, -0.15) is 4.31 Å². The summed E-state index contributed by atoms with van der Waals surface area (Å²) in [5, 5.41) is 5.99. The zero-order valence-corrected chi connectivity index (χ0v) is 15.0. The van der Waals surface area contributed by atoms with Gasteiger partial charge >= 0.3 is 0 Å². The van der Waals surface area contributed by atoms with Gasteiger partial charge in [-0.15, -0.1) is 0 Å². The Balaban J connectivity index is 1.82. The monoisotopic (exact) mass is 369 g/mol. The van der Waals surface area contributed by atoms with E-state index in [1.165, 1.54) is 23.5 Å². The molecule has 9 heteroatoms. The van der Waals surface area contributed by atoms with Crippen LogP contribution in [0.5, 0.6) is 5.75 Å². The Hall–Kier alpha value is -1.68. The van der Waals surface area contributed by atoms with Crippen LogP contribution in [0.1, 0.15) is 10.4 Å². The van der Waals surface area contributed by atoms with E-state index < -0.39 is 10.0 Å². The topological polar surface area (TPSA) is 97.0 Å². The highest BCUT2D eigenvalue weighted by Crippen LogP contribution is 2.28. The van der Waals surface area contributed by atoms with E-state index in [-0.39, 0.29) is 29.6 Å². The lowest BCUT2D eigenvalue weighted by Crippen LogP contribution is -2.48. The minimum atomic E-state index is -3.75. The highest BCUT2D eigenvalue weighted by molar-refractivity contribution is 7.89. The summed E-state index contributed by atoms with van der Waals surface area (Å²) in [4.78, 5) is 12.4. The molecule has 0 atom stereocenters. The van der Waals surface area contributed by atoms with Gasteiger partial charge in [0.05, 0.1) is 20.3 Å². The molecule has 2 N–H and O–H groups in total. The van der Waals surface area contributed by atoms with Crippen LogP contribution < -0.4 is 15.4 Å². The minimum Gasteiger partial charge on any atom is -0.495 e. The molecule has 3 rings (SSSR count). The maximum absolute atomic E-state index is 12.9. The van der Waals surface area contributed by atoms with E-state index in [4.69, 9.17) is 9.47 Å². The molecule has 0 unspecified atom stereocenters. The maximum atomic E-state index is 12.9. The molecule has 2 saturated heterocycles. The van der Waals surface area contributed by atoms with Crippen LogP contribution >= 0.6 is 0 Å². The number of hydrogen-bond donors (Lipinski definition) is 2. The number of sulfonamides is 1. The molecule has 0 aromatic heterocycles. The number of benzene rings is 1. The number of ether oxygens (including phenoxy) is 2. The van der Waals surface area contributed by atoms with Gasteiger partial charge in [0.2, 0.25) is 10.0 Å². The molecule has 1 amide bonds. The van der Waals surface area contributed by atoms with Gasteiger partial charge in [0.25, 0.3) is 5.91 Å². The van der Waals surface area contributed by atoms with Crippen molar-refractivity contribution in [3.8, 4) is 5.75 Å². The molecule has 2 heterocycles. The summed E-state index contributed by atoms with van der Waals surface area (Å²) in [5.74, 6) is 0.373. The molecule has 1 aromatic carbocycles. The van der Waals surface area contributed by atoms with Gasteiger partial charge in [-0.3, -0.25) is 4.79 Å². The molecule has 0 spiro atoms. The fraction of sp³-hybridized carbons (Fsp3) is 0.562. The summed E-state index contributed by atoms with van der Waals surface area (Å²) in [6.07, 6.45) is 0. The van der Waals surface area contributed by atoms with E-state index in [1.54, 1.807) is 6.07 Å². The minimum absolute atomic E-state index is 0.00913. The average molecular weight is 369 g/mol. The van der Waals surface area contributed by atoms with Crippen molar-refractivity contribution in [3.05, 3.63) is 23.8 Å². The van der Waals surface area contributed by atoms with Crippen molar-refractivity contribution in [1.82, 2.24) is 14.9 Å². The van der Waals surface area contributed by atoms with Crippen molar-refractivity contribution in [3.63, 3.8) is 0 Å². The summed E-state index contributed by atoms with van der Waals surface area (Å²) in [5.41, 5.74) is 0.305.